The molecule has 0 aliphatic heterocycles. The van der Waals surface area contributed by atoms with Crippen LogP contribution in [0.4, 0.5) is 10.8 Å². The third-order valence-corrected chi connectivity index (χ3v) is 6.35. The highest BCUT2D eigenvalue weighted by molar-refractivity contribution is 7.19. The average Bonchev–Trinajstić information content (AvgIpc) is 3.37. The van der Waals surface area contributed by atoms with Crippen LogP contribution in [-0.2, 0) is 7.05 Å². The predicted octanol–water partition coefficient (Wildman–Crippen LogP) is 4.81. The summed E-state index contributed by atoms with van der Waals surface area (Å²) in [5, 5.41) is 27.0. The fraction of sp³-hybridized carbons (Fsp3) is 0.0625. The number of rotatable bonds is 5. The van der Waals surface area contributed by atoms with Crippen molar-refractivity contribution < 1.29 is 9.90 Å². The Hall–Kier alpha value is -2.53. The van der Waals surface area contributed by atoms with Gasteiger partial charge in [-0.25, -0.2) is 14.5 Å². The minimum atomic E-state index is -1.00. The number of thiazole rings is 1. The number of hydrogen-bond donors (Lipinski definition) is 2. The van der Waals surface area contributed by atoms with Crippen molar-refractivity contribution in [1.29, 1.82) is 0 Å². The molecular formula is C16H10Cl2N6O2S2. The van der Waals surface area contributed by atoms with E-state index in [1.165, 1.54) is 16.0 Å². The van der Waals surface area contributed by atoms with Gasteiger partial charge < -0.3 is 10.4 Å². The lowest BCUT2D eigenvalue weighted by Crippen LogP contribution is -1.98. The first-order chi connectivity index (χ1) is 13.4. The van der Waals surface area contributed by atoms with Gasteiger partial charge in [-0.3, -0.25) is 0 Å². The third-order valence-electron chi connectivity index (χ3n) is 3.74. The Morgan fingerprint density at radius 3 is 2.75 bits per heavy atom. The average molecular weight is 453 g/mol. The first-order valence-corrected chi connectivity index (χ1v) is 10.2. The molecule has 0 fully saturated rings. The summed E-state index contributed by atoms with van der Waals surface area (Å²) in [6.07, 6.45) is 0. The van der Waals surface area contributed by atoms with Gasteiger partial charge in [0, 0.05) is 12.6 Å². The topological polar surface area (TPSA) is 106 Å². The van der Waals surface area contributed by atoms with Crippen molar-refractivity contribution in [3.05, 3.63) is 44.6 Å². The quantitative estimate of drug-likeness (QED) is 0.447. The van der Waals surface area contributed by atoms with Gasteiger partial charge in [0.2, 0.25) is 0 Å². The van der Waals surface area contributed by atoms with Crippen LogP contribution in [0.25, 0.3) is 22.0 Å². The smallest absolute Gasteiger partial charge is 0.348 e. The van der Waals surface area contributed by atoms with Gasteiger partial charge in [-0.15, -0.1) is 16.4 Å². The largest absolute Gasteiger partial charge is 0.477 e. The molecule has 8 nitrogen and oxygen atoms in total. The summed E-state index contributed by atoms with van der Waals surface area (Å²) in [6, 6.07) is 6.89. The van der Waals surface area contributed by atoms with Crippen LogP contribution in [0, 0.1) is 0 Å². The van der Waals surface area contributed by atoms with Gasteiger partial charge in [0.05, 0.1) is 21.4 Å². The van der Waals surface area contributed by atoms with Crippen molar-refractivity contribution in [3.63, 3.8) is 0 Å². The lowest BCUT2D eigenvalue weighted by Gasteiger charge is -2.03. The number of benzene rings is 1. The molecule has 0 amide bonds. The molecule has 0 bridgehead atoms. The maximum absolute atomic E-state index is 11.4. The molecule has 0 spiro atoms. The summed E-state index contributed by atoms with van der Waals surface area (Å²) in [5.41, 5.74) is 1.81. The first kappa shape index (κ1) is 18.8. The lowest BCUT2D eigenvalue weighted by molar-refractivity contribution is 0.0703. The van der Waals surface area contributed by atoms with E-state index in [2.05, 4.69) is 25.8 Å². The minimum Gasteiger partial charge on any atom is -0.477 e. The number of anilines is 2. The lowest BCUT2D eigenvalue weighted by atomic mass is 10.1. The predicted molar refractivity (Wildman–Crippen MR) is 110 cm³/mol. The van der Waals surface area contributed by atoms with Crippen LogP contribution >= 0.6 is 45.9 Å². The van der Waals surface area contributed by atoms with Gasteiger partial charge in [0.15, 0.2) is 11.0 Å². The summed E-state index contributed by atoms with van der Waals surface area (Å²) in [5.74, 6) is -0.480. The van der Waals surface area contributed by atoms with E-state index in [1.54, 1.807) is 36.7 Å². The molecule has 0 aliphatic rings. The van der Waals surface area contributed by atoms with E-state index < -0.39 is 5.97 Å². The molecule has 3 heterocycles. The molecule has 4 rings (SSSR count). The molecule has 1 aromatic carbocycles. The van der Waals surface area contributed by atoms with Crippen molar-refractivity contribution in [3.8, 4) is 22.0 Å². The van der Waals surface area contributed by atoms with Crippen LogP contribution in [-0.4, -0.2) is 36.3 Å². The third kappa shape index (κ3) is 3.47. The van der Waals surface area contributed by atoms with E-state index in [9.17, 15) is 9.90 Å². The number of thiophene rings is 1. The normalized spacial score (nSPS) is 11.0. The Bertz CT molecular complexity index is 1190. The van der Waals surface area contributed by atoms with Gasteiger partial charge in [-0.1, -0.05) is 40.6 Å². The summed E-state index contributed by atoms with van der Waals surface area (Å²) in [4.78, 5) is 16.9. The molecule has 0 unspecified atom stereocenters. The molecule has 28 heavy (non-hydrogen) atoms. The highest BCUT2D eigenvalue weighted by atomic mass is 35.5. The van der Waals surface area contributed by atoms with E-state index in [-0.39, 0.29) is 4.88 Å². The zero-order chi connectivity index (χ0) is 19.8. The van der Waals surface area contributed by atoms with E-state index in [1.807, 2.05) is 0 Å². The monoisotopic (exact) mass is 452 g/mol. The van der Waals surface area contributed by atoms with Crippen LogP contribution < -0.4 is 5.32 Å². The number of tetrazole rings is 1. The Morgan fingerprint density at radius 2 is 2.07 bits per heavy atom. The van der Waals surface area contributed by atoms with Gasteiger partial charge in [0.1, 0.15) is 9.75 Å². The molecule has 12 heteroatoms. The summed E-state index contributed by atoms with van der Waals surface area (Å²) < 4.78 is 1.53. The van der Waals surface area contributed by atoms with E-state index >= 15 is 0 Å². The summed E-state index contributed by atoms with van der Waals surface area (Å²) >= 11 is 14.6. The van der Waals surface area contributed by atoms with E-state index in [0.29, 0.717) is 37.3 Å². The van der Waals surface area contributed by atoms with Crippen molar-refractivity contribution in [2.45, 2.75) is 0 Å². The number of aromatic carboxylic acids is 1. The second-order valence-electron chi connectivity index (χ2n) is 5.55. The number of halogens is 2. The summed E-state index contributed by atoms with van der Waals surface area (Å²) in [6.45, 7) is 0. The minimum absolute atomic E-state index is 0.202. The molecule has 0 saturated carbocycles. The fourth-order valence-corrected chi connectivity index (χ4v) is 4.48. The number of carbonyl (C=O) groups is 1. The Balaban J connectivity index is 1.82. The maximum Gasteiger partial charge on any atom is 0.348 e. The highest BCUT2D eigenvalue weighted by Gasteiger charge is 2.21. The number of aryl methyl sites for hydroxylation is 1. The molecule has 0 aliphatic carbocycles. The molecule has 142 valence electrons. The van der Waals surface area contributed by atoms with Crippen molar-refractivity contribution >= 4 is 62.7 Å². The Kier molecular flexibility index (Phi) is 5.02. The van der Waals surface area contributed by atoms with Crippen LogP contribution in [0.5, 0.6) is 0 Å². The molecule has 2 N–H and O–H groups in total. The van der Waals surface area contributed by atoms with Gasteiger partial charge in [-0.05, 0) is 34.0 Å². The molecule has 0 radical (unpaired) electrons. The van der Waals surface area contributed by atoms with Gasteiger partial charge in [0.25, 0.3) is 0 Å². The van der Waals surface area contributed by atoms with Crippen molar-refractivity contribution in [2.75, 3.05) is 5.32 Å². The molecular weight excluding hydrogens is 443 g/mol. The van der Waals surface area contributed by atoms with Crippen LogP contribution in [0.3, 0.4) is 0 Å². The number of carboxylic acids is 1. The number of carboxylic acid groups (broad SMARTS) is 1. The SMILES string of the molecule is Cn1nnnc1-c1sc(Nc2ccsc2C(=O)O)nc1-c1ccc(Cl)c(Cl)c1. The van der Waals surface area contributed by atoms with Crippen LogP contribution in [0.2, 0.25) is 10.0 Å². The number of hydrogen-bond acceptors (Lipinski definition) is 8. The Morgan fingerprint density at radius 1 is 1.25 bits per heavy atom. The van der Waals surface area contributed by atoms with Gasteiger partial charge >= 0.3 is 5.97 Å². The Labute approximate surface area is 176 Å². The zero-order valence-electron chi connectivity index (χ0n) is 14.1. The van der Waals surface area contributed by atoms with Crippen LogP contribution in [0.15, 0.2) is 29.6 Å². The second kappa shape index (κ2) is 7.47. The molecule has 3 aromatic heterocycles. The number of aromatic nitrogens is 5. The standard InChI is InChI=1S/C16H10Cl2N6O2S2/c1-24-14(21-22-23-24)13-11(7-2-3-8(17)9(18)6-7)20-16(28-13)19-10-4-5-27-12(10)15(25)26/h2-6H,1H3,(H,19,20)(H,25,26). The van der Waals surface area contributed by atoms with E-state index in [0.717, 1.165) is 16.9 Å². The van der Waals surface area contributed by atoms with Crippen molar-refractivity contribution in [1.82, 2.24) is 25.2 Å². The zero-order valence-corrected chi connectivity index (χ0v) is 17.2. The van der Waals surface area contributed by atoms with Crippen LogP contribution in [0.1, 0.15) is 9.67 Å². The van der Waals surface area contributed by atoms with Gasteiger partial charge in [-0.2, -0.15) is 0 Å². The molecule has 0 atom stereocenters. The van der Waals surface area contributed by atoms with Crippen molar-refractivity contribution in [2.24, 2.45) is 7.05 Å². The number of nitrogens with zero attached hydrogens (tertiary/aromatic N) is 5. The number of nitrogens with one attached hydrogen (secondary N) is 1. The highest BCUT2D eigenvalue weighted by Crippen LogP contribution is 2.40. The first-order valence-electron chi connectivity index (χ1n) is 7.71. The maximum atomic E-state index is 11.4. The molecule has 4 aromatic rings. The van der Waals surface area contributed by atoms with E-state index in [4.69, 9.17) is 23.2 Å². The molecule has 0 saturated heterocycles. The summed E-state index contributed by atoms with van der Waals surface area (Å²) in [7, 11) is 1.72. The second-order valence-corrected chi connectivity index (χ2v) is 8.27. The fourth-order valence-electron chi connectivity index (χ4n) is 2.47.